The summed E-state index contributed by atoms with van der Waals surface area (Å²) in [7, 11) is 5.03. The number of nitrogens with two attached hydrogens (primary N) is 1. The van der Waals surface area contributed by atoms with E-state index in [0.717, 1.165) is 31.2 Å². The highest BCUT2D eigenvalue weighted by atomic mass is 32.1. The van der Waals surface area contributed by atoms with E-state index >= 15 is 0 Å². The molecule has 0 radical (unpaired) electrons. The van der Waals surface area contributed by atoms with Crippen LogP contribution in [-0.4, -0.2) is 58.2 Å². The lowest BCUT2D eigenvalue weighted by atomic mass is 10.3. The van der Waals surface area contributed by atoms with Gasteiger partial charge >= 0.3 is 0 Å². The van der Waals surface area contributed by atoms with Crippen LogP contribution in [0.2, 0.25) is 0 Å². The Labute approximate surface area is 117 Å². The van der Waals surface area contributed by atoms with Crippen molar-refractivity contribution in [1.29, 1.82) is 0 Å². The van der Waals surface area contributed by atoms with Crippen LogP contribution in [0.4, 0.5) is 10.7 Å². The van der Waals surface area contributed by atoms with Gasteiger partial charge < -0.3 is 25.6 Å². The molecule has 0 atom stereocenters. The SMILES string of the molecule is COc1c(N2CCNCC2)sc(C(=O)N(C)C)c1N. The predicted octanol–water partition coefficient (Wildman–Crippen LogP) is 0.450. The normalized spacial score (nSPS) is 15.4. The number of carbonyl (C=O) groups is 1. The summed E-state index contributed by atoms with van der Waals surface area (Å²) in [4.78, 5) is 16.4. The van der Waals surface area contributed by atoms with E-state index in [1.807, 2.05) is 0 Å². The molecule has 1 fully saturated rings. The van der Waals surface area contributed by atoms with Gasteiger partial charge in [-0.3, -0.25) is 4.79 Å². The van der Waals surface area contributed by atoms with Crippen LogP contribution in [-0.2, 0) is 0 Å². The molecule has 0 unspecified atom stereocenters. The topological polar surface area (TPSA) is 70.8 Å². The van der Waals surface area contributed by atoms with E-state index in [1.165, 1.54) is 16.2 Å². The zero-order valence-electron chi connectivity index (χ0n) is 11.5. The number of hydrogen-bond donors (Lipinski definition) is 2. The summed E-state index contributed by atoms with van der Waals surface area (Å²) in [5.41, 5.74) is 6.50. The van der Waals surface area contributed by atoms with Crippen LogP contribution in [0.1, 0.15) is 9.67 Å². The summed E-state index contributed by atoms with van der Waals surface area (Å²) in [6.07, 6.45) is 0. The van der Waals surface area contributed by atoms with Crippen LogP contribution in [0.5, 0.6) is 5.75 Å². The summed E-state index contributed by atoms with van der Waals surface area (Å²) in [5, 5.41) is 4.25. The van der Waals surface area contributed by atoms with E-state index in [1.54, 1.807) is 21.2 Å². The van der Waals surface area contributed by atoms with Crippen LogP contribution in [0.15, 0.2) is 0 Å². The average Bonchev–Trinajstić information content (AvgIpc) is 2.75. The van der Waals surface area contributed by atoms with Gasteiger partial charge in [-0.05, 0) is 0 Å². The molecule has 3 N–H and O–H groups in total. The maximum atomic E-state index is 12.1. The maximum Gasteiger partial charge on any atom is 0.265 e. The molecule has 6 nitrogen and oxygen atoms in total. The number of piperazine rings is 1. The summed E-state index contributed by atoms with van der Waals surface area (Å²) >= 11 is 1.41. The van der Waals surface area contributed by atoms with Crippen molar-refractivity contribution in [3.8, 4) is 5.75 Å². The van der Waals surface area contributed by atoms with Crippen LogP contribution in [0.25, 0.3) is 0 Å². The summed E-state index contributed by atoms with van der Waals surface area (Å²) in [5.74, 6) is 0.541. The third-order valence-electron chi connectivity index (χ3n) is 3.09. The molecule has 1 aliphatic heterocycles. The Balaban J connectivity index is 2.37. The van der Waals surface area contributed by atoms with Gasteiger partial charge in [0, 0.05) is 40.3 Å². The fourth-order valence-corrected chi connectivity index (χ4v) is 3.32. The molecule has 0 aromatic carbocycles. The molecule has 0 spiro atoms. The lowest BCUT2D eigenvalue weighted by Crippen LogP contribution is -2.43. The molecule has 0 bridgehead atoms. The van der Waals surface area contributed by atoms with Crippen molar-refractivity contribution in [1.82, 2.24) is 10.2 Å². The van der Waals surface area contributed by atoms with Crippen LogP contribution >= 0.6 is 11.3 Å². The smallest absolute Gasteiger partial charge is 0.265 e. The van der Waals surface area contributed by atoms with Gasteiger partial charge in [-0.1, -0.05) is 0 Å². The van der Waals surface area contributed by atoms with Crippen molar-refractivity contribution in [3.05, 3.63) is 4.88 Å². The van der Waals surface area contributed by atoms with Crippen LogP contribution < -0.4 is 20.7 Å². The molecule has 2 rings (SSSR count). The van der Waals surface area contributed by atoms with Crippen molar-refractivity contribution in [2.45, 2.75) is 0 Å². The van der Waals surface area contributed by atoms with Gasteiger partial charge in [0.25, 0.3) is 5.91 Å². The number of ether oxygens (including phenoxy) is 1. The van der Waals surface area contributed by atoms with Gasteiger partial charge in [0.05, 0.1) is 7.11 Å². The van der Waals surface area contributed by atoms with Crippen LogP contribution in [0.3, 0.4) is 0 Å². The van der Waals surface area contributed by atoms with E-state index in [9.17, 15) is 4.79 Å². The molecule has 1 aliphatic rings. The lowest BCUT2D eigenvalue weighted by molar-refractivity contribution is 0.0833. The van der Waals surface area contributed by atoms with Gasteiger partial charge in [-0.15, -0.1) is 11.3 Å². The second-order valence-electron chi connectivity index (χ2n) is 4.62. The van der Waals surface area contributed by atoms with Crippen molar-refractivity contribution < 1.29 is 9.53 Å². The minimum Gasteiger partial charge on any atom is -0.492 e. The number of anilines is 2. The second-order valence-corrected chi connectivity index (χ2v) is 5.62. The summed E-state index contributed by atoms with van der Waals surface area (Å²) in [6.45, 7) is 3.65. The molecule has 0 aliphatic carbocycles. The number of nitrogen functional groups attached to an aromatic ring is 1. The number of nitrogens with one attached hydrogen (secondary N) is 1. The monoisotopic (exact) mass is 284 g/mol. The molecule has 7 heteroatoms. The number of rotatable bonds is 3. The Morgan fingerprint density at radius 3 is 2.58 bits per heavy atom. The number of methoxy groups -OCH3 is 1. The maximum absolute atomic E-state index is 12.1. The highest BCUT2D eigenvalue weighted by molar-refractivity contribution is 7.19. The van der Waals surface area contributed by atoms with Crippen molar-refractivity contribution in [2.24, 2.45) is 0 Å². The van der Waals surface area contributed by atoms with Gasteiger partial charge in [-0.25, -0.2) is 0 Å². The standard InChI is InChI=1S/C12H20N4O2S/c1-15(2)11(17)10-8(13)9(18-3)12(19-10)16-6-4-14-5-7-16/h14H,4-7,13H2,1-3H3. The Bertz CT molecular complexity index is 467. The largest absolute Gasteiger partial charge is 0.492 e. The van der Waals surface area contributed by atoms with Crippen molar-refractivity contribution in [2.75, 3.05) is 58.0 Å². The van der Waals surface area contributed by atoms with Crippen LogP contribution in [0, 0.1) is 0 Å². The highest BCUT2D eigenvalue weighted by Gasteiger charge is 2.26. The number of thiophene rings is 1. The fourth-order valence-electron chi connectivity index (χ4n) is 2.05. The molecule has 1 amide bonds. The Morgan fingerprint density at radius 2 is 2.05 bits per heavy atom. The quantitative estimate of drug-likeness (QED) is 0.843. The number of hydrogen-bond acceptors (Lipinski definition) is 6. The van der Waals surface area contributed by atoms with Gasteiger partial charge in [0.2, 0.25) is 0 Å². The molecule has 1 aromatic heterocycles. The lowest BCUT2D eigenvalue weighted by Gasteiger charge is -2.28. The number of carbonyl (C=O) groups excluding carboxylic acids is 1. The fraction of sp³-hybridized carbons (Fsp3) is 0.583. The number of nitrogens with zero attached hydrogens (tertiary/aromatic N) is 2. The van der Waals surface area contributed by atoms with Gasteiger partial charge in [0.15, 0.2) is 5.75 Å². The molecular formula is C12H20N4O2S. The Morgan fingerprint density at radius 1 is 1.42 bits per heavy atom. The van der Waals surface area contributed by atoms with E-state index < -0.39 is 0 Å². The first-order chi connectivity index (χ1) is 9.06. The van der Waals surface area contributed by atoms with Gasteiger partial charge in [0.1, 0.15) is 15.6 Å². The Hall–Kier alpha value is -1.47. The molecular weight excluding hydrogens is 264 g/mol. The van der Waals surface area contributed by atoms with E-state index in [4.69, 9.17) is 10.5 Å². The predicted molar refractivity (Wildman–Crippen MR) is 78.4 cm³/mol. The average molecular weight is 284 g/mol. The Kier molecular flexibility index (Phi) is 4.16. The first kappa shape index (κ1) is 14.0. The summed E-state index contributed by atoms with van der Waals surface area (Å²) < 4.78 is 5.39. The van der Waals surface area contributed by atoms with E-state index in [0.29, 0.717) is 16.3 Å². The van der Waals surface area contributed by atoms with E-state index in [-0.39, 0.29) is 5.91 Å². The zero-order valence-corrected chi connectivity index (χ0v) is 12.3. The van der Waals surface area contributed by atoms with E-state index in [2.05, 4.69) is 10.2 Å². The highest BCUT2D eigenvalue weighted by Crippen LogP contribution is 2.45. The molecule has 0 saturated carbocycles. The first-order valence-corrected chi connectivity index (χ1v) is 7.01. The molecule has 106 valence electrons. The van der Waals surface area contributed by atoms with Gasteiger partial charge in [-0.2, -0.15) is 0 Å². The van der Waals surface area contributed by atoms with Crippen molar-refractivity contribution in [3.63, 3.8) is 0 Å². The van der Waals surface area contributed by atoms with Crippen molar-refractivity contribution >= 4 is 27.9 Å². The zero-order chi connectivity index (χ0) is 14.0. The molecule has 2 heterocycles. The first-order valence-electron chi connectivity index (χ1n) is 6.19. The molecule has 1 aromatic rings. The minimum absolute atomic E-state index is 0.0813. The molecule has 1 saturated heterocycles. The second kappa shape index (κ2) is 5.66. The summed E-state index contributed by atoms with van der Waals surface area (Å²) in [6, 6.07) is 0. The molecule has 19 heavy (non-hydrogen) atoms. The minimum atomic E-state index is -0.0813. The third-order valence-corrected chi connectivity index (χ3v) is 4.33. The third kappa shape index (κ3) is 2.62. The number of amides is 1.